The summed E-state index contributed by atoms with van der Waals surface area (Å²) in [6, 6.07) is 8.67. The molecule has 1 aromatic rings. The van der Waals surface area contributed by atoms with E-state index in [1.807, 2.05) is 0 Å². The second-order valence-corrected chi connectivity index (χ2v) is 4.69. The maximum atomic E-state index is 11.7. The summed E-state index contributed by atoms with van der Waals surface area (Å²) in [5.74, 6) is -0.765. The Hall–Kier alpha value is -1.87. The number of ether oxygens (including phenoxy) is 1. The van der Waals surface area contributed by atoms with E-state index in [2.05, 4.69) is 21.2 Å². The highest BCUT2D eigenvalue weighted by molar-refractivity contribution is 9.10. The Kier molecular flexibility index (Phi) is 6.03. The normalized spacial score (nSPS) is 11.2. The van der Waals surface area contributed by atoms with E-state index in [0.717, 1.165) is 4.47 Å². The average Bonchev–Trinajstić information content (AvgIpc) is 2.39. The summed E-state index contributed by atoms with van der Waals surface area (Å²) in [6.45, 7) is 1.66. The highest BCUT2D eigenvalue weighted by Crippen LogP contribution is 2.10. The minimum Gasteiger partial charge on any atom is -0.447 e. The van der Waals surface area contributed by atoms with E-state index in [1.165, 1.54) is 6.92 Å². The molecular weight excluding hydrogens is 312 g/mol. The van der Waals surface area contributed by atoms with Gasteiger partial charge in [0.1, 0.15) is 6.07 Å². The van der Waals surface area contributed by atoms with Crippen LogP contribution in [-0.4, -0.2) is 24.5 Å². The van der Waals surface area contributed by atoms with Gasteiger partial charge in [0.05, 0.1) is 6.42 Å². The minimum atomic E-state index is -0.769. The molecule has 19 heavy (non-hydrogen) atoms. The summed E-state index contributed by atoms with van der Waals surface area (Å²) in [5.41, 5.74) is 0.516. The molecule has 0 heterocycles. The molecule has 100 valence electrons. The number of hydrogen-bond acceptors (Lipinski definition) is 4. The second-order valence-electron chi connectivity index (χ2n) is 3.77. The number of nitrogens with one attached hydrogen (secondary N) is 1. The average molecular weight is 325 g/mol. The van der Waals surface area contributed by atoms with Crippen molar-refractivity contribution < 1.29 is 14.3 Å². The van der Waals surface area contributed by atoms with Crippen LogP contribution in [0, 0.1) is 11.3 Å². The van der Waals surface area contributed by atoms with Crippen molar-refractivity contribution in [1.29, 1.82) is 5.26 Å². The van der Waals surface area contributed by atoms with Gasteiger partial charge in [-0.05, 0) is 31.2 Å². The van der Waals surface area contributed by atoms with Crippen molar-refractivity contribution in [3.8, 4) is 6.07 Å². The largest absolute Gasteiger partial charge is 0.447 e. The number of amides is 1. The molecular formula is C13H13BrN2O3. The molecule has 5 nitrogen and oxygen atoms in total. The molecule has 0 saturated heterocycles. The number of nitriles is 1. The molecule has 0 aliphatic carbocycles. The van der Waals surface area contributed by atoms with Crippen LogP contribution in [-0.2, 0) is 9.53 Å². The Bertz CT molecular complexity index is 494. The molecule has 1 N–H and O–H groups in total. The van der Waals surface area contributed by atoms with Crippen LogP contribution in [0.2, 0.25) is 0 Å². The molecule has 0 unspecified atom stereocenters. The van der Waals surface area contributed by atoms with E-state index < -0.39 is 12.1 Å². The predicted molar refractivity (Wildman–Crippen MR) is 72.3 cm³/mol. The van der Waals surface area contributed by atoms with Gasteiger partial charge in [-0.3, -0.25) is 9.59 Å². The lowest BCUT2D eigenvalue weighted by Crippen LogP contribution is -2.27. The van der Waals surface area contributed by atoms with Crippen LogP contribution in [0.25, 0.3) is 0 Å². The molecule has 0 spiro atoms. The molecule has 1 rings (SSSR count). The van der Waals surface area contributed by atoms with Crippen LogP contribution in [0.4, 0.5) is 0 Å². The summed E-state index contributed by atoms with van der Waals surface area (Å²) < 4.78 is 5.63. The fourth-order valence-corrected chi connectivity index (χ4v) is 1.53. The number of carbonyl (C=O) groups is 2. The van der Waals surface area contributed by atoms with Gasteiger partial charge in [0, 0.05) is 16.6 Å². The molecule has 0 aliphatic rings. The monoisotopic (exact) mass is 324 g/mol. The summed E-state index contributed by atoms with van der Waals surface area (Å²) in [5, 5.41) is 11.1. The van der Waals surface area contributed by atoms with E-state index in [-0.39, 0.29) is 18.9 Å². The molecule has 1 aromatic carbocycles. The van der Waals surface area contributed by atoms with Crippen molar-refractivity contribution in [3.63, 3.8) is 0 Å². The van der Waals surface area contributed by atoms with Crippen molar-refractivity contribution in [3.05, 3.63) is 34.3 Å². The van der Waals surface area contributed by atoms with Gasteiger partial charge in [-0.25, -0.2) is 0 Å². The SMILES string of the molecule is C[C@H](C#N)OC(=O)CCNC(=O)c1ccc(Br)cc1. The molecule has 0 bridgehead atoms. The Morgan fingerprint density at radius 3 is 2.63 bits per heavy atom. The predicted octanol–water partition coefficient (Wildman–Crippen LogP) is 2.02. The van der Waals surface area contributed by atoms with Gasteiger partial charge in [-0.1, -0.05) is 15.9 Å². The number of halogens is 1. The highest BCUT2D eigenvalue weighted by Gasteiger charge is 2.09. The molecule has 0 radical (unpaired) electrons. The topological polar surface area (TPSA) is 79.2 Å². The van der Waals surface area contributed by atoms with Gasteiger partial charge >= 0.3 is 5.97 Å². The molecule has 0 fully saturated rings. The van der Waals surface area contributed by atoms with Crippen LogP contribution in [0.5, 0.6) is 0 Å². The van der Waals surface area contributed by atoms with E-state index in [1.54, 1.807) is 30.3 Å². The Morgan fingerprint density at radius 1 is 1.42 bits per heavy atom. The first-order valence-electron chi connectivity index (χ1n) is 5.66. The molecule has 0 aromatic heterocycles. The van der Waals surface area contributed by atoms with Crippen LogP contribution >= 0.6 is 15.9 Å². The molecule has 0 aliphatic heterocycles. The second kappa shape index (κ2) is 7.54. The first kappa shape index (κ1) is 15.2. The summed E-state index contributed by atoms with van der Waals surface area (Å²) in [4.78, 5) is 22.9. The lowest BCUT2D eigenvalue weighted by Gasteiger charge is -2.07. The van der Waals surface area contributed by atoms with Crippen molar-refractivity contribution in [1.82, 2.24) is 5.32 Å². The van der Waals surface area contributed by atoms with Crippen molar-refractivity contribution in [2.45, 2.75) is 19.4 Å². The standard InChI is InChI=1S/C13H13BrN2O3/c1-9(8-15)19-12(17)6-7-16-13(18)10-2-4-11(14)5-3-10/h2-5,9H,6-7H2,1H3,(H,16,18)/t9-/m1/s1. The van der Waals surface area contributed by atoms with Crippen molar-refractivity contribution in [2.24, 2.45) is 0 Å². The third kappa shape index (κ3) is 5.53. The van der Waals surface area contributed by atoms with E-state index in [4.69, 9.17) is 10.00 Å². The van der Waals surface area contributed by atoms with Crippen LogP contribution in [0.3, 0.4) is 0 Å². The number of rotatable bonds is 5. The Morgan fingerprint density at radius 2 is 2.05 bits per heavy atom. The third-order valence-corrected chi connectivity index (χ3v) is 2.74. The molecule has 0 saturated carbocycles. The zero-order chi connectivity index (χ0) is 14.3. The zero-order valence-corrected chi connectivity index (χ0v) is 11.9. The first-order chi connectivity index (χ1) is 9.02. The summed E-state index contributed by atoms with van der Waals surface area (Å²) >= 11 is 3.28. The van der Waals surface area contributed by atoms with E-state index in [0.29, 0.717) is 5.56 Å². The van der Waals surface area contributed by atoms with Crippen LogP contribution < -0.4 is 5.32 Å². The number of benzene rings is 1. The van der Waals surface area contributed by atoms with E-state index >= 15 is 0 Å². The maximum Gasteiger partial charge on any atom is 0.308 e. The van der Waals surface area contributed by atoms with Crippen LogP contribution in [0.15, 0.2) is 28.7 Å². The smallest absolute Gasteiger partial charge is 0.308 e. The number of nitrogens with zero attached hydrogens (tertiary/aromatic N) is 1. The van der Waals surface area contributed by atoms with Crippen molar-refractivity contribution in [2.75, 3.05) is 6.54 Å². The van der Waals surface area contributed by atoms with Gasteiger partial charge in [-0.15, -0.1) is 0 Å². The van der Waals surface area contributed by atoms with Gasteiger partial charge in [0.25, 0.3) is 5.91 Å². The number of hydrogen-bond donors (Lipinski definition) is 1. The Labute approximate surface area is 119 Å². The van der Waals surface area contributed by atoms with Gasteiger partial charge in [0.15, 0.2) is 6.10 Å². The van der Waals surface area contributed by atoms with Crippen molar-refractivity contribution >= 4 is 27.8 Å². The fraction of sp³-hybridized carbons (Fsp3) is 0.308. The minimum absolute atomic E-state index is 0.0360. The summed E-state index contributed by atoms with van der Waals surface area (Å²) in [6.07, 6.45) is -0.733. The maximum absolute atomic E-state index is 11.7. The summed E-state index contributed by atoms with van der Waals surface area (Å²) in [7, 11) is 0. The highest BCUT2D eigenvalue weighted by atomic mass is 79.9. The first-order valence-corrected chi connectivity index (χ1v) is 6.45. The zero-order valence-electron chi connectivity index (χ0n) is 10.4. The Balaban J connectivity index is 2.33. The van der Waals surface area contributed by atoms with E-state index in [9.17, 15) is 9.59 Å². The molecule has 6 heteroatoms. The molecule has 1 atom stereocenters. The molecule has 1 amide bonds. The third-order valence-electron chi connectivity index (χ3n) is 2.21. The fourth-order valence-electron chi connectivity index (χ4n) is 1.26. The lowest BCUT2D eigenvalue weighted by molar-refractivity contribution is -0.145. The van der Waals surface area contributed by atoms with Crippen LogP contribution in [0.1, 0.15) is 23.7 Å². The van der Waals surface area contributed by atoms with Gasteiger partial charge in [0.2, 0.25) is 0 Å². The van der Waals surface area contributed by atoms with Gasteiger partial charge < -0.3 is 10.1 Å². The van der Waals surface area contributed by atoms with Gasteiger partial charge in [-0.2, -0.15) is 5.26 Å². The lowest BCUT2D eigenvalue weighted by atomic mass is 10.2. The number of esters is 1. The number of carbonyl (C=O) groups excluding carboxylic acids is 2. The quantitative estimate of drug-likeness (QED) is 0.840.